The smallest absolute Gasteiger partial charge is 0.332 e. The minimum Gasteiger partial charge on any atom is -0.478 e. The molecule has 0 aromatic rings. The van der Waals surface area contributed by atoms with Crippen LogP contribution in [-0.2, 0) is 9.59 Å². The fraction of sp³-hybridized carbons (Fsp3) is 0.400. The first-order valence-electron chi connectivity index (χ1n) is 8.25. The van der Waals surface area contributed by atoms with Gasteiger partial charge in [0, 0.05) is 0 Å². The Balaban J connectivity index is 4.82. The molecule has 0 saturated carbocycles. The lowest BCUT2D eigenvalue weighted by molar-refractivity contribution is -0.136. The van der Waals surface area contributed by atoms with Crippen LogP contribution in [0.4, 0.5) is 0 Å². The summed E-state index contributed by atoms with van der Waals surface area (Å²) in [6, 6.07) is 0. The van der Waals surface area contributed by atoms with Gasteiger partial charge in [0.05, 0.1) is 11.1 Å². The number of aliphatic carboxylic acids is 2. The molecule has 0 spiro atoms. The van der Waals surface area contributed by atoms with Gasteiger partial charge in [-0.15, -0.1) is 13.2 Å². The summed E-state index contributed by atoms with van der Waals surface area (Å²) in [4.78, 5) is 22.8. The number of hydrogen-bond acceptors (Lipinski definition) is 2. The van der Waals surface area contributed by atoms with Gasteiger partial charge in [-0.25, -0.2) is 9.59 Å². The summed E-state index contributed by atoms with van der Waals surface area (Å²) in [7, 11) is 0. The summed E-state index contributed by atoms with van der Waals surface area (Å²) in [5.74, 6) is -2.36. The van der Waals surface area contributed by atoms with Crippen LogP contribution in [-0.4, -0.2) is 22.2 Å². The summed E-state index contributed by atoms with van der Waals surface area (Å²) in [6.45, 7) is 7.28. The number of unbranched alkanes of at least 4 members (excludes halogenated alkanes) is 4. The Morgan fingerprint density at radius 2 is 1.04 bits per heavy atom. The third kappa shape index (κ3) is 10.4. The van der Waals surface area contributed by atoms with Crippen LogP contribution in [0.2, 0.25) is 0 Å². The highest BCUT2D eigenvalue weighted by Crippen LogP contribution is 2.16. The van der Waals surface area contributed by atoms with Crippen molar-refractivity contribution >= 4 is 11.9 Å². The predicted molar refractivity (Wildman–Crippen MR) is 97.9 cm³/mol. The highest BCUT2D eigenvalue weighted by molar-refractivity contribution is 5.99. The van der Waals surface area contributed by atoms with Crippen LogP contribution in [0.1, 0.15) is 51.4 Å². The van der Waals surface area contributed by atoms with E-state index >= 15 is 0 Å². The second kappa shape index (κ2) is 14.2. The minimum atomic E-state index is -1.18. The summed E-state index contributed by atoms with van der Waals surface area (Å²) >= 11 is 0. The molecule has 0 saturated heterocycles. The molecule has 0 rings (SSSR count). The molecule has 0 radical (unpaired) electrons. The van der Waals surface area contributed by atoms with E-state index in [9.17, 15) is 19.8 Å². The normalized spacial score (nSPS) is 12.3. The zero-order chi connectivity index (χ0) is 18.2. The molecule has 2 N–H and O–H groups in total. The molecule has 0 heterocycles. The predicted octanol–water partition coefficient (Wildman–Crippen LogP) is 5.06. The highest BCUT2D eigenvalue weighted by atomic mass is 16.4. The van der Waals surface area contributed by atoms with Crippen LogP contribution in [0.3, 0.4) is 0 Å². The Labute approximate surface area is 144 Å². The summed E-state index contributed by atoms with van der Waals surface area (Å²) in [5.41, 5.74) is -0.114. The quantitative estimate of drug-likeness (QED) is 0.265. The average Bonchev–Trinajstić information content (AvgIpc) is 2.54. The zero-order valence-electron chi connectivity index (χ0n) is 14.2. The monoisotopic (exact) mass is 332 g/mol. The van der Waals surface area contributed by atoms with Crippen molar-refractivity contribution in [2.24, 2.45) is 0 Å². The number of carbonyl (C=O) groups is 2. The zero-order valence-corrected chi connectivity index (χ0v) is 14.2. The first-order chi connectivity index (χ1) is 11.5. The van der Waals surface area contributed by atoms with Gasteiger partial charge in [0.15, 0.2) is 0 Å². The molecule has 4 nitrogen and oxygen atoms in total. The largest absolute Gasteiger partial charge is 0.478 e. The van der Waals surface area contributed by atoms with E-state index in [4.69, 9.17) is 0 Å². The van der Waals surface area contributed by atoms with Crippen LogP contribution in [0.15, 0.2) is 60.8 Å². The maximum absolute atomic E-state index is 11.4. The molecule has 0 aliphatic carbocycles. The first-order valence-corrected chi connectivity index (χ1v) is 8.25. The topological polar surface area (TPSA) is 74.6 Å². The molecule has 0 aromatic heterocycles. The molecule has 0 aliphatic rings. The van der Waals surface area contributed by atoms with E-state index < -0.39 is 11.9 Å². The number of rotatable bonds is 14. The van der Waals surface area contributed by atoms with Gasteiger partial charge in [-0.05, 0) is 51.4 Å². The van der Waals surface area contributed by atoms with E-state index in [-0.39, 0.29) is 24.0 Å². The Kier molecular flexibility index (Phi) is 12.8. The van der Waals surface area contributed by atoms with Crippen molar-refractivity contribution < 1.29 is 19.8 Å². The van der Waals surface area contributed by atoms with Crippen molar-refractivity contribution in [2.75, 3.05) is 0 Å². The van der Waals surface area contributed by atoms with Crippen molar-refractivity contribution in [3.63, 3.8) is 0 Å². The Bertz CT molecular complexity index is 464. The van der Waals surface area contributed by atoms with E-state index in [1.165, 1.54) is 0 Å². The van der Waals surface area contributed by atoms with E-state index in [2.05, 4.69) is 13.2 Å². The lowest BCUT2D eigenvalue weighted by Crippen LogP contribution is -2.10. The molecule has 132 valence electrons. The van der Waals surface area contributed by atoms with Crippen molar-refractivity contribution in [2.45, 2.75) is 51.4 Å². The lowest BCUT2D eigenvalue weighted by atomic mass is 10.0. The van der Waals surface area contributed by atoms with Crippen LogP contribution in [0.25, 0.3) is 0 Å². The first kappa shape index (κ1) is 21.6. The van der Waals surface area contributed by atoms with Crippen LogP contribution in [0.5, 0.6) is 0 Å². The standard InChI is InChI=1S/C20H28O4/c1-3-5-7-9-11-13-15-17(19(21)22)18(20(23)24)16-14-12-10-8-6-4-2/h3-4,11-14H,1-2,5-10,15-16H2,(H,21,22)(H,23,24). The van der Waals surface area contributed by atoms with Gasteiger partial charge in [-0.3, -0.25) is 0 Å². The van der Waals surface area contributed by atoms with Gasteiger partial charge in [-0.2, -0.15) is 0 Å². The third-order valence-corrected chi connectivity index (χ3v) is 3.42. The van der Waals surface area contributed by atoms with Gasteiger partial charge >= 0.3 is 11.9 Å². The number of hydrogen-bond donors (Lipinski definition) is 2. The third-order valence-electron chi connectivity index (χ3n) is 3.42. The van der Waals surface area contributed by atoms with Crippen LogP contribution < -0.4 is 0 Å². The van der Waals surface area contributed by atoms with Crippen molar-refractivity contribution in [3.05, 3.63) is 60.8 Å². The minimum absolute atomic E-state index is 0.0572. The SMILES string of the molecule is C=CCCCC=CCC(C(=O)O)=C(CC=CCCCC=C)C(=O)O. The molecule has 4 heteroatoms. The van der Waals surface area contributed by atoms with Gasteiger partial charge in [0.25, 0.3) is 0 Å². The molecule has 0 unspecified atom stereocenters. The number of carboxylic acids is 2. The van der Waals surface area contributed by atoms with Gasteiger partial charge < -0.3 is 10.2 Å². The fourth-order valence-corrected chi connectivity index (χ4v) is 2.08. The van der Waals surface area contributed by atoms with E-state index in [0.29, 0.717) is 0 Å². The van der Waals surface area contributed by atoms with Crippen molar-refractivity contribution in [1.82, 2.24) is 0 Å². The van der Waals surface area contributed by atoms with Crippen molar-refractivity contribution in [1.29, 1.82) is 0 Å². The molecule has 24 heavy (non-hydrogen) atoms. The maximum Gasteiger partial charge on any atom is 0.332 e. The fourth-order valence-electron chi connectivity index (χ4n) is 2.08. The maximum atomic E-state index is 11.4. The highest BCUT2D eigenvalue weighted by Gasteiger charge is 2.17. The summed E-state index contributed by atoms with van der Waals surface area (Å²) in [5, 5.41) is 18.6. The van der Waals surface area contributed by atoms with E-state index in [0.717, 1.165) is 38.5 Å². The Morgan fingerprint density at radius 1 is 0.667 bits per heavy atom. The Hall–Kier alpha value is -2.36. The van der Waals surface area contributed by atoms with Crippen molar-refractivity contribution in [3.8, 4) is 0 Å². The van der Waals surface area contributed by atoms with Crippen LogP contribution >= 0.6 is 0 Å². The number of allylic oxidation sites excluding steroid dienone is 6. The van der Waals surface area contributed by atoms with E-state index in [1.54, 1.807) is 12.2 Å². The molecule has 0 fully saturated rings. The average molecular weight is 332 g/mol. The Morgan fingerprint density at radius 3 is 1.33 bits per heavy atom. The molecule has 0 atom stereocenters. The molecular formula is C20H28O4. The van der Waals surface area contributed by atoms with Gasteiger partial charge in [0.1, 0.15) is 0 Å². The second-order valence-corrected chi connectivity index (χ2v) is 5.36. The van der Waals surface area contributed by atoms with Gasteiger partial charge in [0.2, 0.25) is 0 Å². The molecule has 0 amide bonds. The van der Waals surface area contributed by atoms with Gasteiger partial charge in [-0.1, -0.05) is 36.5 Å². The number of carboxylic acid groups (broad SMARTS) is 2. The molecule has 0 aromatic carbocycles. The molecular weight excluding hydrogens is 304 g/mol. The lowest BCUT2D eigenvalue weighted by Gasteiger charge is -2.05. The molecule has 0 bridgehead atoms. The van der Waals surface area contributed by atoms with E-state index in [1.807, 2.05) is 24.3 Å². The summed E-state index contributed by atoms with van der Waals surface area (Å²) in [6.07, 6.45) is 16.5. The van der Waals surface area contributed by atoms with Crippen LogP contribution in [0, 0.1) is 0 Å². The molecule has 0 aliphatic heterocycles. The summed E-state index contributed by atoms with van der Waals surface area (Å²) < 4.78 is 0. The second-order valence-electron chi connectivity index (χ2n) is 5.36.